The summed E-state index contributed by atoms with van der Waals surface area (Å²) >= 11 is 0. The quantitative estimate of drug-likeness (QED) is 0.135. The van der Waals surface area contributed by atoms with Crippen molar-refractivity contribution < 1.29 is 14.6 Å². The Bertz CT molecular complexity index is 1310. The van der Waals surface area contributed by atoms with Crippen LogP contribution in [-0.2, 0) is 0 Å². The zero-order valence-electron chi connectivity index (χ0n) is 25.0. The maximum atomic E-state index is 12.7. The van der Waals surface area contributed by atoms with Gasteiger partial charge in [0, 0.05) is 55.8 Å². The first-order valence-electron chi connectivity index (χ1n) is 14.0. The minimum Gasteiger partial charge on any atom is -0.593 e. The van der Waals surface area contributed by atoms with Gasteiger partial charge in [-0.2, -0.15) is 0 Å². The van der Waals surface area contributed by atoms with Gasteiger partial charge >= 0.3 is 5.63 Å². The Balaban J connectivity index is 2.41. The summed E-state index contributed by atoms with van der Waals surface area (Å²) in [7, 11) is 0. The number of nitrogens with zero attached hydrogens (tertiary/aromatic N) is 2. The van der Waals surface area contributed by atoms with E-state index in [4.69, 9.17) is 9.52 Å². The van der Waals surface area contributed by atoms with E-state index in [9.17, 15) is 9.90 Å². The van der Waals surface area contributed by atoms with Crippen LogP contribution in [0.15, 0.2) is 80.9 Å². The smallest absolute Gasteiger partial charge is 0.347 e. The van der Waals surface area contributed by atoms with Crippen LogP contribution in [0.5, 0.6) is 5.75 Å². The molecule has 0 aliphatic carbocycles. The lowest BCUT2D eigenvalue weighted by Gasteiger charge is -2.22. The van der Waals surface area contributed by atoms with E-state index in [0.29, 0.717) is 11.0 Å². The van der Waals surface area contributed by atoms with Crippen molar-refractivity contribution in [2.45, 2.75) is 61.8 Å². The second-order valence-corrected chi connectivity index (χ2v) is 10.4. The summed E-state index contributed by atoms with van der Waals surface area (Å²) in [4.78, 5) is 17.2. The van der Waals surface area contributed by atoms with Crippen LogP contribution in [0.4, 0.5) is 5.69 Å². The molecule has 2 rings (SSSR count). The van der Waals surface area contributed by atoms with E-state index in [0.717, 1.165) is 43.9 Å². The highest BCUT2D eigenvalue weighted by Crippen LogP contribution is 2.31. The van der Waals surface area contributed by atoms with Crippen LogP contribution < -0.4 is 10.5 Å². The summed E-state index contributed by atoms with van der Waals surface area (Å²) in [6, 6.07) is 5.46. The second-order valence-electron chi connectivity index (χ2n) is 10.4. The van der Waals surface area contributed by atoms with E-state index in [1.54, 1.807) is 18.2 Å². The molecule has 1 heterocycles. The first kappa shape index (κ1) is 31.5. The van der Waals surface area contributed by atoms with Crippen molar-refractivity contribution in [2.24, 2.45) is 5.41 Å². The molecule has 0 saturated heterocycles. The summed E-state index contributed by atoms with van der Waals surface area (Å²) in [5.41, 5.74) is 2.63. The van der Waals surface area contributed by atoms with Crippen molar-refractivity contribution in [2.75, 3.05) is 31.1 Å². The molecule has 6 heteroatoms. The Labute approximate surface area is 233 Å². The Morgan fingerprint density at radius 3 is 2.26 bits per heavy atom. The number of likely N-dealkylation sites (N-methyl/N-ethyl adjacent to an activating group) is 1. The maximum absolute atomic E-state index is 12.7. The van der Waals surface area contributed by atoms with Gasteiger partial charge in [-0.1, -0.05) is 45.9 Å². The lowest BCUT2D eigenvalue weighted by molar-refractivity contribution is 0.393. The molecule has 1 aromatic heterocycles. The summed E-state index contributed by atoms with van der Waals surface area (Å²) in [5.74, 6) is 0.0750. The molecule has 0 aliphatic rings. The van der Waals surface area contributed by atoms with Gasteiger partial charge in [-0.3, -0.25) is 0 Å². The summed E-state index contributed by atoms with van der Waals surface area (Å²) < 4.78 is 5.55. The standard InChI is InChI=1S/C33H46N2O4/c1-9-15-25(34(10-2)11-3)17-14-16-24(33(6,7)8)22-27(36)19-21-29-31(37)28-20-18-26(35(12-4)13-5)23-30(28)39-32(29)38/h14-23,36-37H,9-13H2,1-8H3/p+1/b17-14-,21-19+,24-16-,25-15+,27-22-. The maximum Gasteiger partial charge on any atom is 0.347 e. The van der Waals surface area contributed by atoms with Crippen LogP contribution in [0.1, 0.15) is 67.4 Å². The van der Waals surface area contributed by atoms with Crippen LogP contribution in [0.3, 0.4) is 0 Å². The summed E-state index contributed by atoms with van der Waals surface area (Å²) in [6.45, 7) is 20.4. The molecule has 0 atom stereocenters. The molecule has 212 valence electrons. The normalized spacial score (nSPS) is 13.7. The minimum atomic E-state index is -0.637. The molecule has 0 spiro atoms. The number of benzene rings is 1. The first-order valence-corrected chi connectivity index (χ1v) is 14.0. The van der Waals surface area contributed by atoms with E-state index in [1.807, 2.05) is 18.2 Å². The van der Waals surface area contributed by atoms with E-state index >= 15 is 0 Å². The van der Waals surface area contributed by atoms with Gasteiger partial charge in [-0.05, 0) is 69.4 Å². The van der Waals surface area contributed by atoms with Crippen LogP contribution in [0.25, 0.3) is 17.0 Å². The Morgan fingerprint density at radius 2 is 1.69 bits per heavy atom. The third-order valence-electron chi connectivity index (χ3n) is 6.72. The number of fused-ring (bicyclic) bond motifs is 1. The number of allylic oxidation sites excluding steroid dienone is 7. The van der Waals surface area contributed by atoms with Crippen LogP contribution >= 0.6 is 0 Å². The average molecular weight is 536 g/mol. The highest BCUT2D eigenvalue weighted by atomic mass is 16.4. The molecular weight excluding hydrogens is 488 g/mol. The average Bonchev–Trinajstić information content (AvgIpc) is 2.88. The van der Waals surface area contributed by atoms with Gasteiger partial charge in [0.05, 0.1) is 5.39 Å². The van der Waals surface area contributed by atoms with Gasteiger partial charge in [0.15, 0.2) is 0 Å². The van der Waals surface area contributed by atoms with Gasteiger partial charge in [-0.25, -0.2) is 4.79 Å². The lowest BCUT2D eigenvalue weighted by Crippen LogP contribution is -2.21. The monoisotopic (exact) mass is 535 g/mol. The summed E-state index contributed by atoms with van der Waals surface area (Å²) in [5, 5.41) is 19.9. The molecule has 6 nitrogen and oxygen atoms in total. The van der Waals surface area contributed by atoms with Crippen molar-refractivity contribution in [3.05, 3.63) is 87.7 Å². The highest BCUT2D eigenvalue weighted by molar-refractivity contribution is 5.89. The molecule has 2 aromatic rings. The third-order valence-corrected chi connectivity index (χ3v) is 6.72. The number of anilines is 1. The van der Waals surface area contributed by atoms with E-state index in [-0.39, 0.29) is 22.5 Å². The van der Waals surface area contributed by atoms with Crippen molar-refractivity contribution in [1.82, 2.24) is 4.90 Å². The Kier molecular flexibility index (Phi) is 11.7. The molecule has 1 aromatic carbocycles. The molecule has 0 amide bonds. The largest absolute Gasteiger partial charge is 0.593 e. The van der Waals surface area contributed by atoms with Crippen molar-refractivity contribution in [3.8, 4) is 5.75 Å². The van der Waals surface area contributed by atoms with E-state index in [2.05, 4.69) is 77.3 Å². The molecule has 0 radical (unpaired) electrons. The number of rotatable bonds is 12. The van der Waals surface area contributed by atoms with Gasteiger partial charge in [0.25, 0.3) is 5.76 Å². The Morgan fingerprint density at radius 1 is 1.03 bits per heavy atom. The Hall–Kier alpha value is -3.67. The minimum absolute atomic E-state index is 0.0333. The van der Waals surface area contributed by atoms with Gasteiger partial charge in [0.1, 0.15) is 16.9 Å². The van der Waals surface area contributed by atoms with Crippen LogP contribution in [-0.4, -0.2) is 41.3 Å². The fourth-order valence-corrected chi connectivity index (χ4v) is 4.37. The fourth-order valence-electron chi connectivity index (χ4n) is 4.37. The lowest BCUT2D eigenvalue weighted by atomic mass is 9.85. The van der Waals surface area contributed by atoms with Gasteiger partial charge < -0.3 is 24.4 Å². The molecule has 0 unspecified atom stereocenters. The third kappa shape index (κ3) is 8.41. The number of hydrogen-bond acceptors (Lipinski definition) is 5. The molecule has 39 heavy (non-hydrogen) atoms. The molecular formula is C33H47N2O4+. The number of aromatic hydroxyl groups is 1. The zero-order valence-corrected chi connectivity index (χ0v) is 25.0. The predicted molar refractivity (Wildman–Crippen MR) is 166 cm³/mol. The van der Waals surface area contributed by atoms with Crippen LogP contribution in [0.2, 0.25) is 0 Å². The second kappa shape index (κ2) is 14.5. The molecule has 0 saturated carbocycles. The van der Waals surface area contributed by atoms with E-state index in [1.165, 1.54) is 17.8 Å². The van der Waals surface area contributed by atoms with Crippen molar-refractivity contribution in [1.29, 1.82) is 0 Å². The van der Waals surface area contributed by atoms with Crippen LogP contribution in [0, 0.1) is 5.41 Å². The van der Waals surface area contributed by atoms with Crippen molar-refractivity contribution >= 4 is 22.7 Å². The highest BCUT2D eigenvalue weighted by Gasteiger charge is 2.17. The SMILES string of the molecule is CC\C=C(/C=C\C=C(\C=C([OH2+])\C=C\c1c(O)c2ccc(N(CC)CC)cc2oc1=O)C(C)(C)C)N(CC)CC. The zero-order chi connectivity index (χ0) is 29.2. The molecule has 0 bridgehead atoms. The topological polar surface area (TPSA) is 79.8 Å². The van der Waals surface area contributed by atoms with Gasteiger partial charge in [-0.15, -0.1) is 0 Å². The predicted octanol–water partition coefficient (Wildman–Crippen LogP) is 7.13. The first-order chi connectivity index (χ1) is 18.5. The molecule has 3 N–H and O–H groups in total. The molecule has 0 fully saturated rings. The fraction of sp³-hybridized carbons (Fsp3) is 0.424. The van der Waals surface area contributed by atoms with E-state index < -0.39 is 5.63 Å². The van der Waals surface area contributed by atoms with Crippen molar-refractivity contribution in [3.63, 3.8) is 0 Å². The number of hydrogen-bond donors (Lipinski definition) is 1. The summed E-state index contributed by atoms with van der Waals surface area (Å²) in [6.07, 6.45) is 14.1. The molecule has 0 aliphatic heterocycles. The van der Waals surface area contributed by atoms with Gasteiger partial charge in [0.2, 0.25) is 0 Å².